The minimum Gasteiger partial charge on any atom is -0.356 e. The molecular weight excluding hydrogens is 326 g/mol. The number of aryl methyl sites for hydroxylation is 1. The van der Waals surface area contributed by atoms with E-state index in [1.165, 1.54) is 5.56 Å². The van der Waals surface area contributed by atoms with Gasteiger partial charge in [-0.2, -0.15) is 5.26 Å². The Bertz CT molecular complexity index is 999. The lowest BCUT2D eigenvalue weighted by atomic mass is 10.1. The van der Waals surface area contributed by atoms with E-state index in [1.807, 2.05) is 30.0 Å². The molecule has 1 aliphatic rings. The fraction of sp³-hybridized carbons (Fsp3) is 0.250. The van der Waals surface area contributed by atoms with Crippen molar-refractivity contribution in [3.05, 3.63) is 65.5 Å². The lowest BCUT2D eigenvalue weighted by Crippen LogP contribution is -2.33. The third kappa shape index (κ3) is 2.88. The molecule has 3 heterocycles. The van der Waals surface area contributed by atoms with E-state index in [4.69, 9.17) is 0 Å². The molecule has 0 saturated carbocycles. The Morgan fingerprint density at radius 3 is 2.85 bits per heavy atom. The maximum Gasteiger partial charge on any atom is 0.245 e. The molecule has 0 radical (unpaired) electrons. The van der Waals surface area contributed by atoms with Crippen LogP contribution in [0.5, 0.6) is 0 Å². The van der Waals surface area contributed by atoms with Crippen molar-refractivity contribution in [1.82, 2.24) is 14.3 Å². The topological polar surface area (TPSA) is 73.4 Å². The molecule has 6 nitrogen and oxygen atoms in total. The molecule has 6 heteroatoms. The van der Waals surface area contributed by atoms with E-state index in [1.54, 1.807) is 10.6 Å². The smallest absolute Gasteiger partial charge is 0.245 e. The molecular formula is C20H19N5O. The van der Waals surface area contributed by atoms with Gasteiger partial charge < -0.3 is 10.2 Å². The Labute approximate surface area is 151 Å². The number of pyridine rings is 1. The van der Waals surface area contributed by atoms with Crippen molar-refractivity contribution in [3.8, 4) is 6.07 Å². The van der Waals surface area contributed by atoms with Gasteiger partial charge in [0, 0.05) is 19.3 Å². The van der Waals surface area contributed by atoms with Gasteiger partial charge in [-0.15, -0.1) is 0 Å². The van der Waals surface area contributed by atoms with Crippen molar-refractivity contribution < 1.29 is 4.79 Å². The summed E-state index contributed by atoms with van der Waals surface area (Å²) in [6, 6.07) is 15.6. The van der Waals surface area contributed by atoms with E-state index in [0.717, 1.165) is 5.56 Å². The zero-order valence-electron chi connectivity index (χ0n) is 14.5. The normalized spacial score (nSPS) is 16.8. The molecule has 1 N–H and O–H groups in total. The third-order valence-electron chi connectivity index (χ3n) is 4.74. The molecule has 1 saturated heterocycles. The summed E-state index contributed by atoms with van der Waals surface area (Å²) >= 11 is 0. The summed E-state index contributed by atoms with van der Waals surface area (Å²) in [7, 11) is 0. The second kappa shape index (κ2) is 6.52. The summed E-state index contributed by atoms with van der Waals surface area (Å²) in [6.45, 7) is 3.35. The Hall–Kier alpha value is -3.33. The summed E-state index contributed by atoms with van der Waals surface area (Å²) in [5.41, 5.74) is 3.44. The number of likely N-dealkylation sites (tertiary alicyclic amines) is 1. The van der Waals surface area contributed by atoms with Gasteiger partial charge in [0.25, 0.3) is 0 Å². The van der Waals surface area contributed by atoms with Crippen LogP contribution in [0, 0.1) is 18.3 Å². The number of hydrogen-bond acceptors (Lipinski definition) is 4. The van der Waals surface area contributed by atoms with Crippen LogP contribution in [0.4, 0.5) is 5.82 Å². The number of anilines is 1. The first-order valence-corrected chi connectivity index (χ1v) is 8.64. The summed E-state index contributed by atoms with van der Waals surface area (Å²) in [5.74, 6) is 0.515. The molecule has 1 atom stereocenters. The molecule has 1 amide bonds. The molecule has 0 aliphatic carbocycles. The third-order valence-corrected chi connectivity index (χ3v) is 4.74. The van der Waals surface area contributed by atoms with E-state index in [2.05, 4.69) is 40.6 Å². The molecule has 0 bridgehead atoms. The minimum atomic E-state index is -0.350. The van der Waals surface area contributed by atoms with Gasteiger partial charge in [-0.1, -0.05) is 35.9 Å². The number of nitrogens with one attached hydrogen (secondary N) is 1. The lowest BCUT2D eigenvalue weighted by molar-refractivity contribution is -0.128. The molecule has 1 fully saturated rings. The number of aromatic nitrogens is 2. The van der Waals surface area contributed by atoms with Gasteiger partial charge in [0.15, 0.2) is 11.5 Å². The molecule has 0 spiro atoms. The van der Waals surface area contributed by atoms with Crippen LogP contribution in [0.1, 0.15) is 23.2 Å². The number of carbonyl (C=O) groups excluding carboxylic acids is 1. The number of benzene rings is 1. The number of fused-ring (bicyclic) bond motifs is 1. The second-order valence-corrected chi connectivity index (χ2v) is 6.58. The van der Waals surface area contributed by atoms with Gasteiger partial charge in [-0.05, 0) is 31.0 Å². The van der Waals surface area contributed by atoms with E-state index >= 15 is 0 Å². The van der Waals surface area contributed by atoms with Crippen LogP contribution in [0.3, 0.4) is 0 Å². The number of hydrogen-bond donors (Lipinski definition) is 1. The fourth-order valence-corrected chi connectivity index (χ4v) is 3.31. The van der Waals surface area contributed by atoms with Gasteiger partial charge in [0.2, 0.25) is 5.91 Å². The predicted molar refractivity (Wildman–Crippen MR) is 98.5 cm³/mol. The van der Waals surface area contributed by atoms with Crippen molar-refractivity contribution in [1.29, 1.82) is 5.26 Å². The highest BCUT2D eigenvalue weighted by Gasteiger charge is 2.32. The van der Waals surface area contributed by atoms with Gasteiger partial charge in [0.05, 0.1) is 0 Å². The predicted octanol–water partition coefficient (Wildman–Crippen LogP) is 2.73. The first-order valence-electron chi connectivity index (χ1n) is 8.64. The second-order valence-electron chi connectivity index (χ2n) is 6.58. The number of amides is 1. The van der Waals surface area contributed by atoms with E-state index in [0.29, 0.717) is 36.7 Å². The Morgan fingerprint density at radius 2 is 2.08 bits per heavy atom. The lowest BCUT2D eigenvalue weighted by Gasteiger charge is -2.17. The highest BCUT2D eigenvalue weighted by molar-refractivity contribution is 5.87. The highest BCUT2D eigenvalue weighted by Crippen LogP contribution is 2.22. The van der Waals surface area contributed by atoms with Gasteiger partial charge >= 0.3 is 0 Å². The maximum absolute atomic E-state index is 12.7. The average Bonchev–Trinajstić information content (AvgIpc) is 3.18. The maximum atomic E-state index is 12.7. The first kappa shape index (κ1) is 16.2. The molecule has 26 heavy (non-hydrogen) atoms. The van der Waals surface area contributed by atoms with E-state index < -0.39 is 0 Å². The van der Waals surface area contributed by atoms with Gasteiger partial charge in [0.1, 0.15) is 17.8 Å². The van der Waals surface area contributed by atoms with Crippen molar-refractivity contribution in [2.75, 3.05) is 11.9 Å². The molecule has 1 unspecified atom stereocenters. The van der Waals surface area contributed by atoms with Crippen LogP contribution in [-0.2, 0) is 11.3 Å². The highest BCUT2D eigenvalue weighted by atomic mass is 16.2. The van der Waals surface area contributed by atoms with Crippen LogP contribution >= 0.6 is 0 Å². The molecule has 1 aromatic carbocycles. The summed E-state index contributed by atoms with van der Waals surface area (Å²) in [4.78, 5) is 19.1. The quantitative estimate of drug-likeness (QED) is 0.789. The minimum absolute atomic E-state index is 0.0477. The van der Waals surface area contributed by atoms with Crippen molar-refractivity contribution in [2.24, 2.45) is 0 Å². The Kier molecular flexibility index (Phi) is 4.05. The molecule has 1 aliphatic heterocycles. The number of nitriles is 1. The van der Waals surface area contributed by atoms with Crippen LogP contribution in [0.25, 0.3) is 5.65 Å². The standard InChI is InChI=1S/C20H19N5O/c1-14-5-7-15(8-6-14)13-24-11-9-16(20(24)26)22-19-17(12-21)25-10-3-2-4-18(25)23-19/h2-8,10,16,22H,9,11,13H2,1H3. The first-order chi connectivity index (χ1) is 12.7. The zero-order chi connectivity index (χ0) is 18.1. The monoisotopic (exact) mass is 345 g/mol. The number of carbonyl (C=O) groups is 1. The summed E-state index contributed by atoms with van der Waals surface area (Å²) in [6.07, 6.45) is 2.50. The Morgan fingerprint density at radius 1 is 1.27 bits per heavy atom. The SMILES string of the molecule is Cc1ccc(CN2CCC(Nc3nc4ccccn4c3C#N)C2=O)cc1. The van der Waals surface area contributed by atoms with Gasteiger partial charge in [-0.3, -0.25) is 9.20 Å². The largest absolute Gasteiger partial charge is 0.356 e. The van der Waals surface area contributed by atoms with E-state index in [-0.39, 0.29) is 11.9 Å². The number of rotatable bonds is 4. The van der Waals surface area contributed by atoms with Crippen molar-refractivity contribution in [2.45, 2.75) is 25.9 Å². The Balaban J connectivity index is 1.51. The van der Waals surface area contributed by atoms with Crippen LogP contribution in [0.2, 0.25) is 0 Å². The number of nitrogens with zero attached hydrogens (tertiary/aromatic N) is 4. The molecule has 2 aromatic heterocycles. The van der Waals surface area contributed by atoms with Crippen LogP contribution in [0.15, 0.2) is 48.7 Å². The number of imidazole rings is 1. The van der Waals surface area contributed by atoms with Crippen LogP contribution in [-0.4, -0.2) is 32.8 Å². The van der Waals surface area contributed by atoms with E-state index in [9.17, 15) is 10.1 Å². The zero-order valence-corrected chi connectivity index (χ0v) is 14.5. The van der Waals surface area contributed by atoms with Gasteiger partial charge in [-0.25, -0.2) is 4.98 Å². The molecule has 3 aromatic rings. The molecule has 4 rings (SSSR count). The van der Waals surface area contributed by atoms with Crippen LogP contribution < -0.4 is 5.32 Å². The molecule has 130 valence electrons. The van der Waals surface area contributed by atoms with Crippen molar-refractivity contribution in [3.63, 3.8) is 0 Å². The summed E-state index contributed by atoms with van der Waals surface area (Å²) < 4.78 is 1.73. The average molecular weight is 345 g/mol. The fourth-order valence-electron chi connectivity index (χ4n) is 3.31. The van der Waals surface area contributed by atoms with Crippen molar-refractivity contribution >= 4 is 17.4 Å². The summed E-state index contributed by atoms with van der Waals surface area (Å²) in [5, 5.41) is 12.6.